The van der Waals surface area contributed by atoms with Crippen LogP contribution in [0, 0.1) is 11.3 Å². The van der Waals surface area contributed by atoms with Crippen LogP contribution >= 0.6 is 15.9 Å². The summed E-state index contributed by atoms with van der Waals surface area (Å²) in [6, 6.07) is 16.7. The minimum Gasteiger partial charge on any atom is -0.338 e. The number of hydrogen-bond donors (Lipinski definition) is 1. The molecule has 0 spiro atoms. The van der Waals surface area contributed by atoms with Crippen molar-refractivity contribution in [2.24, 2.45) is 0 Å². The van der Waals surface area contributed by atoms with Crippen molar-refractivity contribution in [2.75, 3.05) is 5.32 Å². The molecule has 1 N–H and O–H groups in total. The van der Waals surface area contributed by atoms with E-state index in [0.29, 0.717) is 16.6 Å². The van der Waals surface area contributed by atoms with Gasteiger partial charge in [0.15, 0.2) is 5.43 Å². The van der Waals surface area contributed by atoms with E-state index in [1.54, 1.807) is 16.8 Å². The number of carbonyl (C=O) groups is 1. The van der Waals surface area contributed by atoms with Gasteiger partial charge in [0.25, 0.3) is 0 Å². The van der Waals surface area contributed by atoms with Gasteiger partial charge in [-0.05, 0) is 48.7 Å². The standard InChI is InChI=1S/C21H16BrN3O2/c22-15-3-6-18-17(11-15)19(26)7-10-25(18)12-20(27)24-16-4-1-14(2-5-16)21(13-23)8-9-21/h1-7,10-11H,8-9,12H2,(H,24,27). The predicted molar refractivity (Wildman–Crippen MR) is 108 cm³/mol. The van der Waals surface area contributed by atoms with Crippen LogP contribution < -0.4 is 10.7 Å². The average molecular weight is 422 g/mol. The van der Waals surface area contributed by atoms with Gasteiger partial charge in [-0.15, -0.1) is 0 Å². The molecule has 4 rings (SSSR count). The summed E-state index contributed by atoms with van der Waals surface area (Å²) in [6.45, 7) is 0.0995. The minimum atomic E-state index is -0.328. The van der Waals surface area contributed by atoms with E-state index in [0.717, 1.165) is 22.9 Å². The maximum atomic E-state index is 12.5. The van der Waals surface area contributed by atoms with E-state index in [2.05, 4.69) is 27.3 Å². The third kappa shape index (κ3) is 3.38. The first-order chi connectivity index (χ1) is 13.0. The Morgan fingerprint density at radius 3 is 2.59 bits per heavy atom. The van der Waals surface area contributed by atoms with Gasteiger partial charge in [-0.3, -0.25) is 9.59 Å². The number of pyridine rings is 1. The van der Waals surface area contributed by atoms with Crippen molar-refractivity contribution in [3.63, 3.8) is 0 Å². The van der Waals surface area contributed by atoms with Gasteiger partial charge in [0.1, 0.15) is 6.54 Å². The fraction of sp³-hybridized carbons (Fsp3) is 0.190. The first-order valence-corrected chi connectivity index (χ1v) is 9.40. The number of halogens is 1. The highest BCUT2D eigenvalue weighted by molar-refractivity contribution is 9.10. The van der Waals surface area contributed by atoms with Crippen molar-refractivity contribution in [3.8, 4) is 6.07 Å². The normalized spacial score (nSPS) is 14.5. The van der Waals surface area contributed by atoms with Gasteiger partial charge in [-0.25, -0.2) is 0 Å². The monoisotopic (exact) mass is 421 g/mol. The van der Waals surface area contributed by atoms with Gasteiger partial charge in [-0.2, -0.15) is 5.26 Å². The van der Waals surface area contributed by atoms with Crippen molar-refractivity contribution < 1.29 is 4.79 Å². The Labute approximate surface area is 164 Å². The van der Waals surface area contributed by atoms with Gasteiger partial charge >= 0.3 is 0 Å². The Balaban J connectivity index is 1.52. The number of rotatable bonds is 4. The molecule has 3 aromatic rings. The zero-order valence-electron chi connectivity index (χ0n) is 14.4. The molecule has 27 heavy (non-hydrogen) atoms. The summed E-state index contributed by atoms with van der Waals surface area (Å²) in [6.07, 6.45) is 3.42. The average Bonchev–Trinajstić information content (AvgIpc) is 3.46. The first kappa shape index (κ1) is 17.5. The van der Waals surface area contributed by atoms with Crippen LogP contribution in [0.1, 0.15) is 18.4 Å². The van der Waals surface area contributed by atoms with Gasteiger partial charge in [0, 0.05) is 27.8 Å². The summed E-state index contributed by atoms with van der Waals surface area (Å²) in [5.41, 5.74) is 1.99. The molecule has 1 fully saturated rings. The summed E-state index contributed by atoms with van der Waals surface area (Å²) < 4.78 is 2.57. The number of amides is 1. The fourth-order valence-corrected chi connectivity index (χ4v) is 3.60. The lowest BCUT2D eigenvalue weighted by molar-refractivity contribution is -0.116. The predicted octanol–water partition coefficient (Wildman–Crippen LogP) is 3.96. The van der Waals surface area contributed by atoms with Crippen LogP contribution in [-0.2, 0) is 16.8 Å². The third-order valence-corrected chi connectivity index (χ3v) is 5.43. The number of aromatic nitrogens is 1. The van der Waals surface area contributed by atoms with Crippen molar-refractivity contribution in [1.29, 1.82) is 5.26 Å². The van der Waals surface area contributed by atoms with Crippen LogP contribution in [0.15, 0.2) is 64.0 Å². The highest BCUT2D eigenvalue weighted by atomic mass is 79.9. The number of hydrogen-bond acceptors (Lipinski definition) is 3. The Morgan fingerprint density at radius 2 is 1.93 bits per heavy atom. The lowest BCUT2D eigenvalue weighted by atomic mass is 9.98. The number of anilines is 1. The second-order valence-electron chi connectivity index (χ2n) is 6.79. The molecule has 0 atom stereocenters. The molecule has 1 saturated carbocycles. The molecule has 2 aromatic carbocycles. The van der Waals surface area contributed by atoms with E-state index in [9.17, 15) is 14.9 Å². The minimum absolute atomic E-state index is 0.0787. The Kier molecular flexibility index (Phi) is 4.33. The number of nitrogens with one attached hydrogen (secondary N) is 1. The quantitative estimate of drug-likeness (QED) is 0.692. The smallest absolute Gasteiger partial charge is 0.244 e. The van der Waals surface area contributed by atoms with Gasteiger partial charge in [-0.1, -0.05) is 28.1 Å². The summed E-state index contributed by atoms with van der Waals surface area (Å²) in [4.78, 5) is 24.5. The van der Waals surface area contributed by atoms with E-state index in [-0.39, 0.29) is 23.3 Å². The summed E-state index contributed by atoms with van der Waals surface area (Å²) >= 11 is 3.37. The molecular formula is C21H16BrN3O2. The van der Waals surface area contributed by atoms with Crippen molar-refractivity contribution >= 4 is 38.4 Å². The molecule has 134 valence electrons. The molecule has 0 unspecified atom stereocenters. The molecule has 6 heteroatoms. The Morgan fingerprint density at radius 1 is 1.19 bits per heavy atom. The van der Waals surface area contributed by atoms with E-state index in [1.807, 2.05) is 36.4 Å². The number of carbonyl (C=O) groups excluding carboxylic acids is 1. The van der Waals surface area contributed by atoms with Crippen LogP contribution in [0.2, 0.25) is 0 Å². The Bertz CT molecular complexity index is 1140. The summed E-state index contributed by atoms with van der Waals surface area (Å²) in [5, 5.41) is 12.7. The van der Waals surface area contributed by atoms with Crippen LogP contribution in [0.3, 0.4) is 0 Å². The maximum absolute atomic E-state index is 12.5. The van der Waals surface area contributed by atoms with Crippen molar-refractivity contribution in [1.82, 2.24) is 4.57 Å². The lowest BCUT2D eigenvalue weighted by Gasteiger charge is -2.12. The number of nitrogens with zero attached hydrogens (tertiary/aromatic N) is 2. The number of nitriles is 1. The third-order valence-electron chi connectivity index (χ3n) is 4.94. The largest absolute Gasteiger partial charge is 0.338 e. The molecule has 5 nitrogen and oxygen atoms in total. The Hall–Kier alpha value is -2.91. The van der Waals surface area contributed by atoms with Gasteiger partial charge in [0.05, 0.1) is 17.0 Å². The second kappa shape index (κ2) is 6.67. The second-order valence-corrected chi connectivity index (χ2v) is 7.70. The highest BCUT2D eigenvalue weighted by Crippen LogP contribution is 2.47. The van der Waals surface area contributed by atoms with Crippen LogP contribution in [-0.4, -0.2) is 10.5 Å². The van der Waals surface area contributed by atoms with Crippen LogP contribution in [0.5, 0.6) is 0 Å². The molecule has 0 saturated heterocycles. The molecule has 0 radical (unpaired) electrons. The molecule has 1 aromatic heterocycles. The van der Waals surface area contributed by atoms with E-state index in [1.165, 1.54) is 6.07 Å². The molecule has 0 bridgehead atoms. The maximum Gasteiger partial charge on any atom is 0.244 e. The van der Waals surface area contributed by atoms with Gasteiger partial charge in [0.2, 0.25) is 5.91 Å². The van der Waals surface area contributed by atoms with E-state index in [4.69, 9.17) is 0 Å². The zero-order chi connectivity index (χ0) is 19.0. The van der Waals surface area contributed by atoms with E-state index >= 15 is 0 Å². The SMILES string of the molecule is N#CC1(c2ccc(NC(=O)Cn3ccc(=O)c4cc(Br)ccc43)cc2)CC1. The number of fused-ring (bicyclic) bond motifs is 1. The molecule has 0 aliphatic heterocycles. The molecule has 1 aliphatic carbocycles. The fourth-order valence-electron chi connectivity index (χ4n) is 3.24. The zero-order valence-corrected chi connectivity index (χ0v) is 16.0. The topological polar surface area (TPSA) is 74.9 Å². The molecular weight excluding hydrogens is 406 g/mol. The molecule has 1 amide bonds. The summed E-state index contributed by atoms with van der Waals surface area (Å²) in [7, 11) is 0. The molecule has 1 aliphatic rings. The highest BCUT2D eigenvalue weighted by Gasteiger charge is 2.44. The van der Waals surface area contributed by atoms with Crippen molar-refractivity contribution in [3.05, 3.63) is 75.0 Å². The first-order valence-electron chi connectivity index (χ1n) is 8.61. The van der Waals surface area contributed by atoms with Crippen molar-refractivity contribution in [2.45, 2.75) is 24.8 Å². The number of benzene rings is 2. The summed E-state index contributed by atoms with van der Waals surface area (Å²) in [5.74, 6) is -0.183. The lowest BCUT2D eigenvalue weighted by Crippen LogP contribution is -2.20. The van der Waals surface area contributed by atoms with Gasteiger partial charge < -0.3 is 9.88 Å². The van der Waals surface area contributed by atoms with Crippen LogP contribution in [0.25, 0.3) is 10.9 Å². The van der Waals surface area contributed by atoms with E-state index < -0.39 is 0 Å². The van der Waals surface area contributed by atoms with Crippen LogP contribution in [0.4, 0.5) is 5.69 Å². The molecule has 1 heterocycles.